The molecule has 0 saturated carbocycles. The van der Waals surface area contributed by atoms with Gasteiger partial charge in [-0.05, 0) is 44.2 Å². The smallest absolute Gasteiger partial charge is 0.243 e. The van der Waals surface area contributed by atoms with Gasteiger partial charge >= 0.3 is 0 Å². The molecule has 1 atom stereocenters. The number of anilines is 1. The van der Waals surface area contributed by atoms with Crippen LogP contribution < -0.4 is 19.1 Å². The summed E-state index contributed by atoms with van der Waals surface area (Å²) < 4.78 is 36.7. The summed E-state index contributed by atoms with van der Waals surface area (Å²) in [5.41, 5.74) is 1.32. The first-order valence-corrected chi connectivity index (χ1v) is 11.2. The normalized spacial score (nSPS) is 12.2. The minimum absolute atomic E-state index is 0.195. The summed E-state index contributed by atoms with van der Waals surface area (Å²) >= 11 is 6.03. The van der Waals surface area contributed by atoms with Crippen LogP contribution in [0, 0.1) is 6.92 Å². The molecule has 158 valence electrons. The Morgan fingerprint density at radius 1 is 1.21 bits per heavy atom. The molecule has 1 unspecified atom stereocenters. The van der Waals surface area contributed by atoms with E-state index in [-0.39, 0.29) is 18.8 Å². The van der Waals surface area contributed by atoms with Crippen LogP contribution in [0.2, 0.25) is 5.02 Å². The molecule has 0 spiro atoms. The zero-order valence-corrected chi connectivity index (χ0v) is 18.4. The number of benzene rings is 2. The maximum Gasteiger partial charge on any atom is 0.243 e. The molecule has 0 fully saturated rings. The molecule has 0 aliphatic carbocycles. The lowest BCUT2D eigenvalue weighted by Crippen LogP contribution is -2.48. The van der Waals surface area contributed by atoms with Gasteiger partial charge in [0, 0.05) is 5.02 Å². The van der Waals surface area contributed by atoms with Crippen molar-refractivity contribution in [3.8, 4) is 11.5 Å². The van der Waals surface area contributed by atoms with Crippen molar-refractivity contribution in [2.24, 2.45) is 0 Å². The first-order valence-electron chi connectivity index (χ1n) is 8.93. The van der Waals surface area contributed by atoms with E-state index in [0.29, 0.717) is 16.5 Å². The van der Waals surface area contributed by atoms with Crippen molar-refractivity contribution in [3.63, 3.8) is 0 Å². The Hall–Kier alpha value is -2.45. The Bertz CT molecular complexity index is 948. The highest BCUT2D eigenvalue weighted by molar-refractivity contribution is 7.92. The van der Waals surface area contributed by atoms with E-state index in [1.807, 2.05) is 31.2 Å². The first-order chi connectivity index (χ1) is 13.6. The molecule has 7 nitrogen and oxygen atoms in total. The largest absolute Gasteiger partial charge is 0.495 e. The lowest BCUT2D eigenvalue weighted by molar-refractivity contribution is -0.121. The second-order valence-electron chi connectivity index (χ2n) is 6.50. The highest BCUT2D eigenvalue weighted by Gasteiger charge is 2.31. The molecule has 0 heterocycles. The van der Waals surface area contributed by atoms with Crippen molar-refractivity contribution >= 4 is 33.2 Å². The number of rotatable bonds is 9. The summed E-state index contributed by atoms with van der Waals surface area (Å²) in [4.78, 5) is 12.6. The predicted molar refractivity (Wildman–Crippen MR) is 114 cm³/mol. The number of hydrogen-bond acceptors (Lipinski definition) is 5. The monoisotopic (exact) mass is 440 g/mol. The zero-order chi connectivity index (χ0) is 21.6. The van der Waals surface area contributed by atoms with Crippen molar-refractivity contribution in [2.45, 2.75) is 19.9 Å². The third-order valence-electron chi connectivity index (χ3n) is 4.16. The number of nitrogens with zero attached hydrogens (tertiary/aromatic N) is 1. The van der Waals surface area contributed by atoms with Gasteiger partial charge in [0.2, 0.25) is 15.9 Å². The first kappa shape index (κ1) is 22.8. The lowest BCUT2D eigenvalue weighted by atomic mass is 10.2. The van der Waals surface area contributed by atoms with E-state index < -0.39 is 22.0 Å². The van der Waals surface area contributed by atoms with E-state index >= 15 is 0 Å². The number of nitrogens with one attached hydrogen (secondary N) is 1. The van der Waals surface area contributed by atoms with E-state index in [9.17, 15) is 13.2 Å². The molecule has 9 heteroatoms. The van der Waals surface area contributed by atoms with Crippen molar-refractivity contribution in [1.82, 2.24) is 5.32 Å². The number of sulfonamides is 1. The van der Waals surface area contributed by atoms with E-state index in [1.54, 1.807) is 12.1 Å². The summed E-state index contributed by atoms with van der Waals surface area (Å²) in [6.07, 6.45) is 1.03. The van der Waals surface area contributed by atoms with Crippen molar-refractivity contribution in [1.29, 1.82) is 0 Å². The standard InChI is InChI=1S/C20H25ClN2O5S/c1-14-5-8-17(9-6-14)28-12-11-22-20(24)15(2)23(29(4,25)26)18-13-16(21)7-10-19(18)27-3/h5-10,13,15H,11-12H2,1-4H3,(H,22,24). The van der Waals surface area contributed by atoms with Crippen LogP contribution >= 0.6 is 11.6 Å². The Labute approximate surface area is 176 Å². The molecular formula is C20H25ClN2O5S. The number of carbonyl (C=O) groups excluding carboxylic acids is 1. The minimum Gasteiger partial charge on any atom is -0.495 e. The fourth-order valence-electron chi connectivity index (χ4n) is 2.74. The van der Waals surface area contributed by atoms with Crippen molar-refractivity contribution in [2.75, 3.05) is 30.8 Å². The Balaban J connectivity index is 2.07. The maximum absolute atomic E-state index is 12.6. The summed E-state index contributed by atoms with van der Waals surface area (Å²) in [6.45, 7) is 3.95. The number of ether oxygens (including phenoxy) is 2. The van der Waals surface area contributed by atoms with Gasteiger partial charge in [0.15, 0.2) is 0 Å². The number of aryl methyl sites for hydroxylation is 1. The van der Waals surface area contributed by atoms with Gasteiger partial charge in [-0.15, -0.1) is 0 Å². The Morgan fingerprint density at radius 3 is 2.45 bits per heavy atom. The van der Waals surface area contributed by atoms with Crippen LogP contribution in [0.15, 0.2) is 42.5 Å². The molecule has 0 radical (unpaired) electrons. The highest BCUT2D eigenvalue weighted by Crippen LogP contribution is 2.34. The Morgan fingerprint density at radius 2 is 1.86 bits per heavy atom. The fraction of sp³-hybridized carbons (Fsp3) is 0.350. The molecule has 2 aromatic rings. The van der Waals surface area contributed by atoms with E-state index in [2.05, 4.69) is 5.32 Å². The SMILES string of the molecule is COc1ccc(Cl)cc1N(C(C)C(=O)NCCOc1ccc(C)cc1)S(C)(=O)=O. The number of halogens is 1. The molecule has 2 rings (SSSR count). The van der Waals surface area contributed by atoms with Crippen LogP contribution in [0.4, 0.5) is 5.69 Å². The number of methoxy groups -OCH3 is 1. The molecule has 0 aromatic heterocycles. The topological polar surface area (TPSA) is 84.9 Å². The molecule has 29 heavy (non-hydrogen) atoms. The van der Waals surface area contributed by atoms with Crippen LogP contribution in [-0.4, -0.2) is 46.9 Å². The second-order valence-corrected chi connectivity index (χ2v) is 8.80. The molecular weight excluding hydrogens is 416 g/mol. The third-order valence-corrected chi connectivity index (χ3v) is 5.62. The molecule has 2 aromatic carbocycles. The summed E-state index contributed by atoms with van der Waals surface area (Å²) in [5, 5.41) is 3.02. The number of amides is 1. The Kier molecular flexibility index (Phi) is 7.75. The summed E-state index contributed by atoms with van der Waals surface area (Å²) in [6, 6.07) is 11.1. The van der Waals surface area contributed by atoms with E-state index in [4.69, 9.17) is 21.1 Å². The summed E-state index contributed by atoms with van der Waals surface area (Å²) in [5.74, 6) is 0.520. The highest BCUT2D eigenvalue weighted by atomic mass is 35.5. The minimum atomic E-state index is -3.79. The summed E-state index contributed by atoms with van der Waals surface area (Å²) in [7, 11) is -2.37. The van der Waals surface area contributed by atoms with Gasteiger partial charge in [0.1, 0.15) is 24.1 Å². The van der Waals surface area contributed by atoms with Gasteiger partial charge in [-0.2, -0.15) is 0 Å². The third kappa shape index (κ3) is 6.27. The van der Waals surface area contributed by atoms with Crippen molar-refractivity contribution in [3.05, 3.63) is 53.1 Å². The fourth-order valence-corrected chi connectivity index (χ4v) is 4.08. The molecule has 0 aliphatic heterocycles. The van der Waals surface area contributed by atoms with Gasteiger partial charge in [-0.3, -0.25) is 9.10 Å². The van der Waals surface area contributed by atoms with Crippen LogP contribution in [0.3, 0.4) is 0 Å². The number of carbonyl (C=O) groups is 1. The van der Waals surface area contributed by atoms with E-state index in [0.717, 1.165) is 16.1 Å². The van der Waals surface area contributed by atoms with Crippen molar-refractivity contribution < 1.29 is 22.7 Å². The van der Waals surface area contributed by atoms with Gasteiger partial charge in [-0.1, -0.05) is 29.3 Å². The molecule has 1 amide bonds. The second kappa shape index (κ2) is 9.84. The van der Waals surface area contributed by atoms with Gasteiger partial charge in [0.05, 0.1) is 25.6 Å². The quantitative estimate of drug-likeness (QED) is 0.606. The van der Waals surface area contributed by atoms with Crippen LogP contribution in [0.5, 0.6) is 11.5 Å². The zero-order valence-electron chi connectivity index (χ0n) is 16.8. The van der Waals surface area contributed by atoms with Crippen LogP contribution in [0.1, 0.15) is 12.5 Å². The van der Waals surface area contributed by atoms with Gasteiger partial charge in [0.25, 0.3) is 0 Å². The predicted octanol–water partition coefficient (Wildman–Crippen LogP) is 3.01. The average molecular weight is 441 g/mol. The molecule has 0 saturated heterocycles. The number of hydrogen-bond donors (Lipinski definition) is 1. The average Bonchev–Trinajstić information content (AvgIpc) is 2.65. The molecule has 0 bridgehead atoms. The van der Waals surface area contributed by atoms with Gasteiger partial charge in [-0.25, -0.2) is 8.42 Å². The van der Waals surface area contributed by atoms with E-state index in [1.165, 1.54) is 20.1 Å². The molecule has 0 aliphatic rings. The van der Waals surface area contributed by atoms with Gasteiger partial charge < -0.3 is 14.8 Å². The van der Waals surface area contributed by atoms with Crippen LogP contribution in [-0.2, 0) is 14.8 Å². The van der Waals surface area contributed by atoms with Crippen LogP contribution in [0.25, 0.3) is 0 Å². The molecule has 1 N–H and O–H groups in total. The lowest BCUT2D eigenvalue weighted by Gasteiger charge is -2.29. The maximum atomic E-state index is 12.6.